The van der Waals surface area contributed by atoms with E-state index in [9.17, 15) is 4.79 Å². The zero-order valence-corrected chi connectivity index (χ0v) is 14.7. The Morgan fingerprint density at radius 3 is 2.80 bits per heavy atom. The van der Waals surface area contributed by atoms with E-state index in [-0.39, 0.29) is 5.91 Å². The van der Waals surface area contributed by atoms with E-state index in [0.717, 1.165) is 30.7 Å². The number of H-pyrrole nitrogens is 1. The van der Waals surface area contributed by atoms with Gasteiger partial charge >= 0.3 is 0 Å². The normalized spacial score (nSPS) is 10.8. The molecule has 0 fully saturated rings. The molecular weight excluding hydrogens is 312 g/mol. The lowest BCUT2D eigenvalue weighted by atomic mass is 10.1. The first-order valence-electron chi connectivity index (χ1n) is 8.77. The van der Waals surface area contributed by atoms with Crippen molar-refractivity contribution < 1.29 is 4.79 Å². The molecule has 1 aromatic carbocycles. The Kier molecular flexibility index (Phi) is 5.33. The summed E-state index contributed by atoms with van der Waals surface area (Å²) in [7, 11) is 0. The standard InChI is InChI=1S/C20H24N4O/c1-3-24(4-2)16-10-12-21-19(13-16)20(25)22-11-9-15-14-23-18-8-6-5-7-17(15)18/h5-8,10,12-14,23H,3-4,9,11H2,1-2H3,(H,22,25). The summed E-state index contributed by atoms with van der Waals surface area (Å²) in [6.07, 6.45) is 4.49. The van der Waals surface area contributed by atoms with Crippen molar-refractivity contribution in [2.24, 2.45) is 0 Å². The van der Waals surface area contributed by atoms with Crippen LogP contribution in [0.5, 0.6) is 0 Å². The number of aromatic amines is 1. The number of carbonyl (C=O) groups excluding carboxylic acids is 1. The third kappa shape index (κ3) is 3.82. The molecule has 130 valence electrons. The lowest BCUT2D eigenvalue weighted by molar-refractivity contribution is 0.0949. The minimum atomic E-state index is -0.131. The van der Waals surface area contributed by atoms with Crippen molar-refractivity contribution in [1.29, 1.82) is 0 Å². The summed E-state index contributed by atoms with van der Waals surface area (Å²) in [5, 5.41) is 4.18. The van der Waals surface area contributed by atoms with Crippen molar-refractivity contribution >= 4 is 22.5 Å². The van der Waals surface area contributed by atoms with Crippen LogP contribution in [-0.2, 0) is 6.42 Å². The number of aromatic nitrogens is 2. The topological polar surface area (TPSA) is 61.0 Å². The summed E-state index contributed by atoms with van der Waals surface area (Å²) in [5.41, 5.74) is 3.82. The van der Waals surface area contributed by atoms with Crippen LogP contribution in [0.1, 0.15) is 29.9 Å². The molecule has 0 spiro atoms. The molecule has 0 aliphatic rings. The fraction of sp³-hybridized carbons (Fsp3) is 0.300. The van der Waals surface area contributed by atoms with Crippen LogP contribution < -0.4 is 10.2 Å². The van der Waals surface area contributed by atoms with E-state index in [2.05, 4.69) is 46.2 Å². The average Bonchev–Trinajstić information content (AvgIpc) is 3.06. The summed E-state index contributed by atoms with van der Waals surface area (Å²) in [4.78, 5) is 22.1. The Labute approximate surface area is 148 Å². The second kappa shape index (κ2) is 7.83. The molecule has 2 N–H and O–H groups in total. The van der Waals surface area contributed by atoms with Gasteiger partial charge in [0.2, 0.25) is 0 Å². The highest BCUT2D eigenvalue weighted by atomic mass is 16.1. The van der Waals surface area contributed by atoms with Crippen LogP contribution in [0.2, 0.25) is 0 Å². The molecule has 25 heavy (non-hydrogen) atoms. The van der Waals surface area contributed by atoms with Gasteiger partial charge in [-0.15, -0.1) is 0 Å². The van der Waals surface area contributed by atoms with Gasteiger partial charge in [0.15, 0.2) is 0 Å². The van der Waals surface area contributed by atoms with Gasteiger partial charge in [-0.25, -0.2) is 0 Å². The summed E-state index contributed by atoms with van der Waals surface area (Å²) >= 11 is 0. The fourth-order valence-corrected chi connectivity index (χ4v) is 3.07. The molecule has 0 saturated carbocycles. The Bertz CT molecular complexity index is 852. The van der Waals surface area contributed by atoms with E-state index in [1.807, 2.05) is 30.5 Å². The number of pyridine rings is 1. The SMILES string of the molecule is CCN(CC)c1ccnc(C(=O)NCCc2c[nH]c3ccccc23)c1. The Morgan fingerprint density at radius 1 is 1.20 bits per heavy atom. The van der Waals surface area contributed by atoms with Crippen molar-refractivity contribution in [3.05, 3.63) is 60.0 Å². The monoisotopic (exact) mass is 336 g/mol. The maximum absolute atomic E-state index is 12.4. The van der Waals surface area contributed by atoms with Crippen LogP contribution in [0.4, 0.5) is 5.69 Å². The molecule has 3 aromatic rings. The number of hydrogen-bond donors (Lipinski definition) is 2. The van der Waals surface area contributed by atoms with E-state index in [0.29, 0.717) is 12.2 Å². The quantitative estimate of drug-likeness (QED) is 0.695. The highest BCUT2D eigenvalue weighted by Gasteiger charge is 2.10. The molecule has 0 aliphatic carbocycles. The summed E-state index contributed by atoms with van der Waals surface area (Å²) in [5.74, 6) is -0.131. The molecule has 0 saturated heterocycles. The minimum absolute atomic E-state index is 0.131. The van der Waals surface area contributed by atoms with Gasteiger partial charge in [-0.3, -0.25) is 9.78 Å². The van der Waals surface area contributed by atoms with Crippen molar-refractivity contribution in [3.8, 4) is 0 Å². The molecule has 0 radical (unpaired) electrons. The molecule has 2 heterocycles. The van der Waals surface area contributed by atoms with Crippen molar-refractivity contribution in [2.45, 2.75) is 20.3 Å². The van der Waals surface area contributed by atoms with Crippen LogP contribution in [0.15, 0.2) is 48.8 Å². The van der Waals surface area contributed by atoms with Crippen molar-refractivity contribution in [1.82, 2.24) is 15.3 Å². The highest BCUT2D eigenvalue weighted by molar-refractivity contribution is 5.93. The maximum atomic E-state index is 12.4. The highest BCUT2D eigenvalue weighted by Crippen LogP contribution is 2.18. The number of anilines is 1. The maximum Gasteiger partial charge on any atom is 0.269 e. The van der Waals surface area contributed by atoms with Crippen LogP contribution in [0.25, 0.3) is 10.9 Å². The molecule has 5 heteroatoms. The number of nitrogens with one attached hydrogen (secondary N) is 2. The third-order valence-electron chi connectivity index (χ3n) is 4.46. The molecule has 2 aromatic heterocycles. The number of rotatable bonds is 7. The van der Waals surface area contributed by atoms with E-state index >= 15 is 0 Å². The number of para-hydroxylation sites is 1. The fourth-order valence-electron chi connectivity index (χ4n) is 3.07. The van der Waals surface area contributed by atoms with E-state index in [1.54, 1.807) is 6.20 Å². The van der Waals surface area contributed by atoms with Gasteiger partial charge in [0.1, 0.15) is 5.69 Å². The summed E-state index contributed by atoms with van der Waals surface area (Å²) in [6.45, 7) is 6.60. The first-order valence-corrected chi connectivity index (χ1v) is 8.77. The van der Waals surface area contributed by atoms with Gasteiger partial charge in [0.05, 0.1) is 0 Å². The van der Waals surface area contributed by atoms with Gasteiger partial charge in [0.25, 0.3) is 5.91 Å². The lowest BCUT2D eigenvalue weighted by Crippen LogP contribution is -2.27. The van der Waals surface area contributed by atoms with Gasteiger partial charge < -0.3 is 15.2 Å². The first kappa shape index (κ1) is 17.0. The molecule has 0 bridgehead atoms. The number of hydrogen-bond acceptors (Lipinski definition) is 3. The van der Waals surface area contributed by atoms with Crippen LogP contribution >= 0.6 is 0 Å². The third-order valence-corrected chi connectivity index (χ3v) is 4.46. The van der Waals surface area contributed by atoms with Gasteiger partial charge in [0, 0.05) is 48.6 Å². The second-order valence-corrected chi connectivity index (χ2v) is 5.94. The number of carbonyl (C=O) groups is 1. The predicted octanol–water partition coefficient (Wildman–Crippen LogP) is 3.38. The number of fused-ring (bicyclic) bond motifs is 1. The number of nitrogens with zero attached hydrogens (tertiary/aromatic N) is 2. The number of amides is 1. The van der Waals surface area contributed by atoms with Gasteiger partial charge in [-0.05, 0) is 44.0 Å². The predicted molar refractivity (Wildman–Crippen MR) is 102 cm³/mol. The van der Waals surface area contributed by atoms with E-state index < -0.39 is 0 Å². The summed E-state index contributed by atoms with van der Waals surface area (Å²) in [6, 6.07) is 12.0. The Hall–Kier alpha value is -2.82. The second-order valence-electron chi connectivity index (χ2n) is 5.94. The zero-order valence-electron chi connectivity index (χ0n) is 14.7. The average molecular weight is 336 g/mol. The van der Waals surface area contributed by atoms with Crippen molar-refractivity contribution in [3.63, 3.8) is 0 Å². The zero-order chi connectivity index (χ0) is 17.6. The van der Waals surface area contributed by atoms with E-state index in [4.69, 9.17) is 0 Å². The molecule has 0 aliphatic heterocycles. The lowest BCUT2D eigenvalue weighted by Gasteiger charge is -2.21. The largest absolute Gasteiger partial charge is 0.372 e. The number of benzene rings is 1. The first-order chi connectivity index (χ1) is 12.2. The molecule has 1 amide bonds. The molecule has 3 rings (SSSR count). The van der Waals surface area contributed by atoms with Gasteiger partial charge in [-0.1, -0.05) is 18.2 Å². The van der Waals surface area contributed by atoms with Crippen LogP contribution in [-0.4, -0.2) is 35.5 Å². The molecule has 0 atom stereocenters. The summed E-state index contributed by atoms with van der Waals surface area (Å²) < 4.78 is 0. The molecular formula is C20H24N4O. The smallest absolute Gasteiger partial charge is 0.269 e. The van der Waals surface area contributed by atoms with Crippen LogP contribution in [0, 0.1) is 0 Å². The van der Waals surface area contributed by atoms with Gasteiger partial charge in [-0.2, -0.15) is 0 Å². The minimum Gasteiger partial charge on any atom is -0.372 e. The van der Waals surface area contributed by atoms with E-state index in [1.165, 1.54) is 10.9 Å². The molecule has 5 nitrogen and oxygen atoms in total. The Balaban J connectivity index is 1.62. The van der Waals surface area contributed by atoms with Crippen LogP contribution in [0.3, 0.4) is 0 Å². The molecule has 0 unspecified atom stereocenters. The Morgan fingerprint density at radius 2 is 2.00 bits per heavy atom. The van der Waals surface area contributed by atoms with Crippen molar-refractivity contribution in [2.75, 3.05) is 24.5 Å².